The third-order valence-electron chi connectivity index (χ3n) is 5.40. The Morgan fingerprint density at radius 1 is 1.31 bits per heavy atom. The summed E-state index contributed by atoms with van der Waals surface area (Å²) in [6.45, 7) is 2.99. The van der Waals surface area contributed by atoms with Crippen molar-refractivity contribution in [3.8, 4) is 0 Å². The molecule has 2 aromatic heterocycles. The molecule has 0 aliphatic carbocycles. The molecule has 2 amide bonds. The molecule has 0 radical (unpaired) electrons. The lowest BCUT2D eigenvalue weighted by Gasteiger charge is -2.49. The molecule has 2 aliphatic heterocycles. The van der Waals surface area contributed by atoms with Crippen molar-refractivity contribution in [3.05, 3.63) is 32.7 Å². The summed E-state index contributed by atoms with van der Waals surface area (Å²) in [5.41, 5.74) is -0.708. The van der Waals surface area contributed by atoms with Crippen molar-refractivity contribution in [1.82, 2.24) is 30.2 Å². The third-order valence-corrected chi connectivity index (χ3v) is 9.25. The molecule has 4 rings (SSSR count). The third kappa shape index (κ3) is 5.21. The molecular weight excluding hydrogens is 565 g/mol. The summed E-state index contributed by atoms with van der Waals surface area (Å²) in [5, 5.41) is 23.3. The molecule has 2 atom stereocenters. The highest BCUT2D eigenvalue weighted by molar-refractivity contribution is 8.01. The lowest BCUT2D eigenvalue weighted by molar-refractivity contribution is -0.150. The van der Waals surface area contributed by atoms with Crippen molar-refractivity contribution >= 4 is 64.2 Å². The van der Waals surface area contributed by atoms with Crippen LogP contribution in [0.5, 0.6) is 0 Å². The fraction of sp³-hybridized carbons (Fsp3) is 0.474. The van der Waals surface area contributed by atoms with Crippen LogP contribution in [0.1, 0.15) is 22.8 Å². The van der Waals surface area contributed by atoms with Crippen molar-refractivity contribution in [3.63, 3.8) is 0 Å². The van der Waals surface area contributed by atoms with Gasteiger partial charge in [0.1, 0.15) is 22.1 Å². The standard InChI is InChI=1S/C19H18ClF3N6O4S3/c1-7-11(20)14(19(21,22)23)27-28(7)4-3-10(30)24-12-15(31)29-13(17(32)33)9(5-34-16(12)29)6-35-18-26-25-8(2)36-18/h12,16H,3-6H2,1-2H3,(H,24,30)(H,32,33)/t12-,16-/m0/s1. The molecule has 4 heterocycles. The summed E-state index contributed by atoms with van der Waals surface area (Å²) in [5.74, 6) is -1.72. The van der Waals surface area contributed by atoms with E-state index in [1.165, 1.54) is 41.8 Å². The summed E-state index contributed by atoms with van der Waals surface area (Å²) in [7, 11) is 0. The number of hydrogen-bond donors (Lipinski definition) is 2. The van der Waals surface area contributed by atoms with Crippen LogP contribution in [0.3, 0.4) is 0 Å². The number of carboxylic acids is 1. The molecule has 2 aromatic rings. The molecule has 17 heteroatoms. The predicted octanol–water partition coefficient (Wildman–Crippen LogP) is 2.94. The molecule has 0 spiro atoms. The molecule has 194 valence electrons. The zero-order chi connectivity index (χ0) is 26.4. The molecule has 0 aromatic carbocycles. The van der Waals surface area contributed by atoms with Crippen LogP contribution in [0.25, 0.3) is 0 Å². The molecule has 1 saturated heterocycles. The molecule has 2 N–H and O–H groups in total. The minimum atomic E-state index is -4.72. The molecule has 10 nitrogen and oxygen atoms in total. The van der Waals surface area contributed by atoms with Gasteiger partial charge in [0.25, 0.3) is 5.91 Å². The van der Waals surface area contributed by atoms with Gasteiger partial charge in [-0.2, -0.15) is 18.3 Å². The van der Waals surface area contributed by atoms with E-state index < -0.39 is 46.1 Å². The maximum Gasteiger partial charge on any atom is 0.436 e. The van der Waals surface area contributed by atoms with Gasteiger partial charge in [-0.1, -0.05) is 34.7 Å². The number of aryl methyl sites for hydroxylation is 2. The smallest absolute Gasteiger partial charge is 0.436 e. The summed E-state index contributed by atoms with van der Waals surface area (Å²) in [4.78, 5) is 38.3. The first-order chi connectivity index (χ1) is 16.9. The number of carbonyl (C=O) groups is 3. The van der Waals surface area contributed by atoms with Gasteiger partial charge >= 0.3 is 12.1 Å². The Labute approximate surface area is 219 Å². The SMILES string of the molecule is Cc1nnc(SCC2=C(C(=O)O)N3C(=O)[C@H](NC(=O)CCn4nc(C(F)(F)F)c(Cl)c4C)[C@@H]3SC2)s1. The van der Waals surface area contributed by atoms with E-state index in [-0.39, 0.29) is 24.4 Å². The van der Waals surface area contributed by atoms with Gasteiger partial charge in [0, 0.05) is 17.9 Å². The molecule has 0 saturated carbocycles. The number of alkyl halides is 3. The fourth-order valence-electron chi connectivity index (χ4n) is 3.66. The number of nitrogens with one attached hydrogen (secondary N) is 1. The van der Waals surface area contributed by atoms with Gasteiger partial charge in [0.05, 0.1) is 17.3 Å². The summed E-state index contributed by atoms with van der Waals surface area (Å²) >= 11 is 9.76. The van der Waals surface area contributed by atoms with Crippen LogP contribution in [0, 0.1) is 13.8 Å². The molecule has 0 unspecified atom stereocenters. The first-order valence-corrected chi connectivity index (χ1v) is 13.5. The highest BCUT2D eigenvalue weighted by Crippen LogP contribution is 2.42. The number of nitrogens with zero attached hydrogens (tertiary/aromatic N) is 5. The fourth-order valence-corrected chi connectivity index (χ4v) is 7.20. The lowest BCUT2D eigenvalue weighted by atomic mass is 10.0. The van der Waals surface area contributed by atoms with Crippen LogP contribution in [-0.4, -0.2) is 70.7 Å². The average Bonchev–Trinajstić information content (AvgIpc) is 3.36. The van der Waals surface area contributed by atoms with E-state index in [0.29, 0.717) is 21.4 Å². The number of β-lactam (4-membered cyclic amide) rings is 1. The summed E-state index contributed by atoms with van der Waals surface area (Å²) in [6, 6.07) is -0.940. The number of halogens is 4. The molecule has 2 aliphatic rings. The maximum absolute atomic E-state index is 13.0. The minimum Gasteiger partial charge on any atom is -0.477 e. The quantitative estimate of drug-likeness (QED) is 0.356. The van der Waals surface area contributed by atoms with E-state index in [9.17, 15) is 32.7 Å². The van der Waals surface area contributed by atoms with Crippen LogP contribution in [0.4, 0.5) is 13.2 Å². The largest absolute Gasteiger partial charge is 0.477 e. The number of amides is 2. The zero-order valence-electron chi connectivity index (χ0n) is 18.6. The second-order valence-corrected chi connectivity index (χ2v) is 11.7. The highest BCUT2D eigenvalue weighted by atomic mass is 35.5. The van der Waals surface area contributed by atoms with Crippen LogP contribution >= 0.6 is 46.5 Å². The van der Waals surface area contributed by atoms with Gasteiger partial charge < -0.3 is 10.4 Å². The minimum absolute atomic E-state index is 0.0656. The average molecular weight is 583 g/mol. The Hall–Kier alpha value is -2.30. The Morgan fingerprint density at radius 2 is 2.03 bits per heavy atom. The van der Waals surface area contributed by atoms with E-state index in [1.807, 2.05) is 6.92 Å². The number of aromatic nitrogens is 4. The van der Waals surface area contributed by atoms with Gasteiger partial charge in [-0.15, -0.1) is 22.0 Å². The van der Waals surface area contributed by atoms with Gasteiger partial charge in [-0.05, 0) is 19.4 Å². The summed E-state index contributed by atoms with van der Waals surface area (Å²) < 4.78 is 40.6. The number of thioether (sulfide) groups is 2. The van der Waals surface area contributed by atoms with Crippen molar-refractivity contribution in [1.29, 1.82) is 0 Å². The molecular formula is C19H18ClF3N6O4S3. The van der Waals surface area contributed by atoms with Crippen molar-refractivity contribution in [2.75, 3.05) is 11.5 Å². The summed E-state index contributed by atoms with van der Waals surface area (Å²) in [6.07, 6.45) is -4.97. The van der Waals surface area contributed by atoms with Gasteiger partial charge in [-0.25, -0.2) is 4.79 Å². The topological polar surface area (TPSA) is 130 Å². The van der Waals surface area contributed by atoms with Gasteiger partial charge in [0.15, 0.2) is 10.0 Å². The van der Waals surface area contributed by atoms with Crippen LogP contribution in [-0.2, 0) is 27.1 Å². The Kier molecular flexibility index (Phi) is 7.60. The monoisotopic (exact) mass is 582 g/mol. The van der Waals surface area contributed by atoms with E-state index >= 15 is 0 Å². The van der Waals surface area contributed by atoms with E-state index in [2.05, 4.69) is 20.6 Å². The molecule has 1 fully saturated rings. The van der Waals surface area contributed by atoms with Crippen LogP contribution in [0.2, 0.25) is 5.02 Å². The lowest BCUT2D eigenvalue weighted by Crippen LogP contribution is -2.70. The molecule has 0 bridgehead atoms. The highest BCUT2D eigenvalue weighted by Gasteiger charge is 2.54. The van der Waals surface area contributed by atoms with Crippen molar-refractivity contribution in [2.45, 2.75) is 48.7 Å². The van der Waals surface area contributed by atoms with E-state index in [4.69, 9.17) is 11.6 Å². The van der Waals surface area contributed by atoms with E-state index in [1.54, 1.807) is 0 Å². The number of carbonyl (C=O) groups excluding carboxylic acids is 2. The first kappa shape index (κ1) is 26.8. The Morgan fingerprint density at radius 3 is 2.61 bits per heavy atom. The van der Waals surface area contributed by atoms with Gasteiger partial charge in [0.2, 0.25) is 5.91 Å². The second kappa shape index (κ2) is 10.2. The Balaban J connectivity index is 1.38. The van der Waals surface area contributed by atoms with Crippen LogP contribution in [0.15, 0.2) is 15.6 Å². The van der Waals surface area contributed by atoms with Crippen LogP contribution < -0.4 is 5.32 Å². The number of hydrogen-bond acceptors (Lipinski definition) is 9. The van der Waals surface area contributed by atoms with Crippen molar-refractivity contribution < 1.29 is 32.7 Å². The number of rotatable bonds is 8. The number of fused-ring (bicyclic) bond motifs is 1. The first-order valence-electron chi connectivity index (χ1n) is 10.3. The predicted molar refractivity (Wildman–Crippen MR) is 127 cm³/mol. The maximum atomic E-state index is 13.0. The number of aliphatic carboxylic acids is 1. The number of carboxylic acid groups (broad SMARTS) is 1. The Bertz CT molecular complexity index is 1260. The normalized spacial score (nSPS) is 19.8. The van der Waals surface area contributed by atoms with Crippen molar-refractivity contribution in [2.24, 2.45) is 0 Å². The molecule has 36 heavy (non-hydrogen) atoms. The second-order valence-electron chi connectivity index (χ2n) is 7.81. The van der Waals surface area contributed by atoms with E-state index in [0.717, 1.165) is 14.6 Å². The zero-order valence-corrected chi connectivity index (χ0v) is 21.8. The van der Waals surface area contributed by atoms with Gasteiger partial charge in [-0.3, -0.25) is 19.2 Å².